The van der Waals surface area contributed by atoms with E-state index in [1.807, 2.05) is 55.7 Å². The SMILES string of the molecule is Cc1cnn(-c2cccc(N3CC(CO)(c4ccccc4)C3)n2)c1. The van der Waals surface area contributed by atoms with E-state index in [2.05, 4.69) is 22.1 Å². The zero-order valence-corrected chi connectivity index (χ0v) is 13.6. The van der Waals surface area contributed by atoms with Crippen LogP contribution in [0.5, 0.6) is 0 Å². The van der Waals surface area contributed by atoms with Crippen molar-refractivity contribution in [1.82, 2.24) is 14.8 Å². The van der Waals surface area contributed by atoms with Crippen LogP contribution < -0.4 is 4.90 Å². The normalized spacial score (nSPS) is 16.0. The molecular formula is C19H20N4O. The molecule has 3 heterocycles. The van der Waals surface area contributed by atoms with Crippen LogP contribution in [0.1, 0.15) is 11.1 Å². The highest BCUT2D eigenvalue weighted by Crippen LogP contribution is 2.36. The Balaban J connectivity index is 1.57. The molecule has 0 saturated carbocycles. The number of hydrogen-bond donors (Lipinski definition) is 1. The molecular weight excluding hydrogens is 300 g/mol. The Morgan fingerprint density at radius 2 is 1.79 bits per heavy atom. The monoisotopic (exact) mass is 320 g/mol. The molecule has 2 aromatic heterocycles. The van der Waals surface area contributed by atoms with E-state index in [9.17, 15) is 5.11 Å². The minimum atomic E-state index is -0.193. The summed E-state index contributed by atoms with van der Waals surface area (Å²) < 4.78 is 1.79. The van der Waals surface area contributed by atoms with Gasteiger partial charge >= 0.3 is 0 Å². The second kappa shape index (κ2) is 5.76. The number of benzene rings is 1. The first kappa shape index (κ1) is 14.9. The number of nitrogens with zero attached hydrogens (tertiary/aromatic N) is 4. The van der Waals surface area contributed by atoms with Crippen LogP contribution >= 0.6 is 0 Å². The van der Waals surface area contributed by atoms with Crippen molar-refractivity contribution in [2.45, 2.75) is 12.3 Å². The van der Waals surface area contributed by atoms with Crippen molar-refractivity contribution in [2.75, 3.05) is 24.6 Å². The average molecular weight is 320 g/mol. The zero-order chi connectivity index (χ0) is 16.6. The van der Waals surface area contributed by atoms with Crippen LogP contribution in [-0.2, 0) is 5.41 Å². The van der Waals surface area contributed by atoms with Gasteiger partial charge in [-0.3, -0.25) is 0 Å². The number of pyridine rings is 1. The van der Waals surface area contributed by atoms with Crippen LogP contribution in [-0.4, -0.2) is 39.6 Å². The first-order chi connectivity index (χ1) is 11.7. The molecule has 5 heteroatoms. The minimum absolute atomic E-state index is 0.144. The van der Waals surface area contributed by atoms with E-state index in [1.54, 1.807) is 4.68 Å². The van der Waals surface area contributed by atoms with E-state index in [0.717, 1.165) is 30.3 Å². The summed E-state index contributed by atoms with van der Waals surface area (Å²) in [5.41, 5.74) is 2.10. The van der Waals surface area contributed by atoms with E-state index in [1.165, 1.54) is 5.56 Å². The molecule has 24 heavy (non-hydrogen) atoms. The van der Waals surface area contributed by atoms with Gasteiger partial charge in [-0.25, -0.2) is 9.67 Å². The van der Waals surface area contributed by atoms with Gasteiger partial charge in [0.15, 0.2) is 5.82 Å². The lowest BCUT2D eigenvalue weighted by Gasteiger charge is -2.50. The predicted molar refractivity (Wildman–Crippen MR) is 93.5 cm³/mol. The van der Waals surface area contributed by atoms with Crippen LogP contribution in [0.25, 0.3) is 5.82 Å². The summed E-state index contributed by atoms with van der Waals surface area (Å²) in [7, 11) is 0. The van der Waals surface area contributed by atoms with Gasteiger partial charge in [-0.1, -0.05) is 36.4 Å². The molecule has 0 atom stereocenters. The Morgan fingerprint density at radius 1 is 1.04 bits per heavy atom. The second-order valence-electron chi connectivity index (χ2n) is 6.48. The first-order valence-corrected chi connectivity index (χ1v) is 8.10. The van der Waals surface area contributed by atoms with E-state index < -0.39 is 0 Å². The number of anilines is 1. The van der Waals surface area contributed by atoms with Gasteiger partial charge < -0.3 is 10.0 Å². The molecule has 0 bridgehead atoms. The largest absolute Gasteiger partial charge is 0.395 e. The van der Waals surface area contributed by atoms with Gasteiger partial charge in [-0.05, 0) is 30.2 Å². The number of aromatic nitrogens is 3. The van der Waals surface area contributed by atoms with Crippen LogP contribution in [0, 0.1) is 6.92 Å². The van der Waals surface area contributed by atoms with Gasteiger partial charge in [0.1, 0.15) is 5.82 Å². The first-order valence-electron chi connectivity index (χ1n) is 8.10. The van der Waals surface area contributed by atoms with Gasteiger partial charge in [0.05, 0.1) is 18.2 Å². The van der Waals surface area contributed by atoms with Crippen molar-refractivity contribution in [3.8, 4) is 5.82 Å². The highest BCUT2D eigenvalue weighted by atomic mass is 16.3. The van der Waals surface area contributed by atoms with Crippen molar-refractivity contribution in [3.05, 3.63) is 72.1 Å². The smallest absolute Gasteiger partial charge is 0.155 e. The lowest BCUT2D eigenvalue weighted by Crippen LogP contribution is -2.61. The highest BCUT2D eigenvalue weighted by molar-refractivity contribution is 5.50. The number of aliphatic hydroxyl groups excluding tert-OH is 1. The maximum Gasteiger partial charge on any atom is 0.155 e. The Bertz CT molecular complexity index is 837. The fourth-order valence-corrected chi connectivity index (χ4v) is 3.27. The molecule has 1 aromatic carbocycles. The third-order valence-electron chi connectivity index (χ3n) is 4.67. The summed E-state index contributed by atoms with van der Waals surface area (Å²) in [6.07, 6.45) is 3.79. The molecule has 0 spiro atoms. The van der Waals surface area contributed by atoms with Crippen molar-refractivity contribution in [2.24, 2.45) is 0 Å². The fraction of sp³-hybridized carbons (Fsp3) is 0.263. The summed E-state index contributed by atoms with van der Waals surface area (Å²) in [6, 6.07) is 16.2. The molecule has 0 radical (unpaired) electrons. The van der Waals surface area contributed by atoms with Gasteiger partial charge in [0.25, 0.3) is 0 Å². The van der Waals surface area contributed by atoms with Gasteiger partial charge in [0.2, 0.25) is 0 Å². The summed E-state index contributed by atoms with van der Waals surface area (Å²) in [5, 5.41) is 14.2. The molecule has 1 aliphatic rings. The number of aryl methyl sites for hydroxylation is 1. The topological polar surface area (TPSA) is 54.2 Å². The van der Waals surface area contributed by atoms with Crippen molar-refractivity contribution in [3.63, 3.8) is 0 Å². The van der Waals surface area contributed by atoms with E-state index in [4.69, 9.17) is 4.98 Å². The van der Waals surface area contributed by atoms with Gasteiger partial charge in [-0.15, -0.1) is 0 Å². The maximum atomic E-state index is 9.93. The van der Waals surface area contributed by atoms with Crippen molar-refractivity contribution < 1.29 is 5.11 Å². The Morgan fingerprint density at radius 3 is 2.46 bits per heavy atom. The number of hydrogen-bond acceptors (Lipinski definition) is 4. The number of aliphatic hydroxyl groups is 1. The molecule has 0 unspecified atom stereocenters. The lowest BCUT2D eigenvalue weighted by molar-refractivity contribution is 0.162. The molecule has 5 nitrogen and oxygen atoms in total. The maximum absolute atomic E-state index is 9.93. The van der Waals surface area contributed by atoms with E-state index >= 15 is 0 Å². The molecule has 1 aliphatic heterocycles. The molecule has 122 valence electrons. The summed E-state index contributed by atoms with van der Waals surface area (Å²) in [5.74, 6) is 1.72. The third-order valence-corrected chi connectivity index (χ3v) is 4.67. The van der Waals surface area contributed by atoms with Crippen LogP contribution in [0.4, 0.5) is 5.82 Å². The highest BCUT2D eigenvalue weighted by Gasteiger charge is 2.44. The zero-order valence-electron chi connectivity index (χ0n) is 13.6. The lowest BCUT2D eigenvalue weighted by atomic mass is 9.74. The molecule has 1 fully saturated rings. The fourth-order valence-electron chi connectivity index (χ4n) is 3.27. The van der Waals surface area contributed by atoms with E-state index in [0.29, 0.717) is 0 Å². The van der Waals surface area contributed by atoms with Gasteiger partial charge in [0, 0.05) is 19.3 Å². The quantitative estimate of drug-likeness (QED) is 0.801. The number of rotatable bonds is 4. The summed E-state index contributed by atoms with van der Waals surface area (Å²) in [6.45, 7) is 3.69. The molecule has 1 saturated heterocycles. The molecule has 4 rings (SSSR count). The molecule has 3 aromatic rings. The summed E-state index contributed by atoms with van der Waals surface area (Å²) >= 11 is 0. The second-order valence-corrected chi connectivity index (χ2v) is 6.48. The Kier molecular flexibility index (Phi) is 3.58. The standard InChI is InChI=1S/C19H20N4O/c1-15-10-20-23(11-15)18-9-5-8-17(21-18)22-12-19(13-22,14-24)16-6-3-2-4-7-16/h2-11,24H,12-14H2,1H3. The minimum Gasteiger partial charge on any atom is -0.395 e. The van der Waals surface area contributed by atoms with Crippen molar-refractivity contribution >= 4 is 5.82 Å². The Hall–Kier alpha value is -2.66. The molecule has 0 amide bonds. The average Bonchev–Trinajstić information content (AvgIpc) is 3.02. The van der Waals surface area contributed by atoms with Crippen LogP contribution in [0.15, 0.2) is 60.9 Å². The van der Waals surface area contributed by atoms with Crippen LogP contribution in [0.3, 0.4) is 0 Å². The summed E-state index contributed by atoms with van der Waals surface area (Å²) in [4.78, 5) is 6.91. The van der Waals surface area contributed by atoms with Crippen molar-refractivity contribution in [1.29, 1.82) is 0 Å². The predicted octanol–water partition coefficient (Wildman–Crippen LogP) is 2.33. The molecule has 0 aliphatic carbocycles. The Labute approximate surface area is 141 Å². The third kappa shape index (κ3) is 2.47. The molecule has 1 N–H and O–H groups in total. The van der Waals surface area contributed by atoms with E-state index in [-0.39, 0.29) is 12.0 Å². The van der Waals surface area contributed by atoms with Crippen LogP contribution in [0.2, 0.25) is 0 Å². The van der Waals surface area contributed by atoms with Gasteiger partial charge in [-0.2, -0.15) is 5.10 Å².